The van der Waals surface area contributed by atoms with E-state index in [1.165, 1.54) is 0 Å². The molecule has 0 aliphatic carbocycles. The van der Waals surface area contributed by atoms with Crippen LogP contribution in [0, 0.1) is 34.6 Å². The molecule has 0 aliphatic heterocycles. The van der Waals surface area contributed by atoms with Gasteiger partial charge in [0.15, 0.2) is 0 Å². The summed E-state index contributed by atoms with van der Waals surface area (Å²) in [7, 11) is -3.63. The van der Waals surface area contributed by atoms with Crippen molar-refractivity contribution >= 4 is 20.8 Å². The Bertz CT molecular complexity index is 1100. The van der Waals surface area contributed by atoms with E-state index < -0.39 is 10.0 Å². The highest BCUT2D eigenvalue weighted by Crippen LogP contribution is 2.30. The SMILES string of the molecule is Cc1c(C)c(C)c(S(=O)(=O)NC(C)c2ccc3ccccc3c2)c(C)c1C. The van der Waals surface area contributed by atoms with Crippen LogP contribution in [0.15, 0.2) is 47.4 Å². The van der Waals surface area contributed by atoms with Crippen molar-refractivity contribution < 1.29 is 8.42 Å². The van der Waals surface area contributed by atoms with Crippen LogP contribution in [-0.2, 0) is 10.0 Å². The zero-order valence-corrected chi connectivity index (χ0v) is 17.7. The summed E-state index contributed by atoms with van der Waals surface area (Å²) in [4.78, 5) is 0.413. The first-order valence-electron chi connectivity index (χ1n) is 9.21. The van der Waals surface area contributed by atoms with Gasteiger partial charge in [0.1, 0.15) is 0 Å². The van der Waals surface area contributed by atoms with Gasteiger partial charge in [0.05, 0.1) is 4.90 Å². The summed E-state index contributed by atoms with van der Waals surface area (Å²) >= 11 is 0. The standard InChI is InChI=1S/C23H27NO2S/c1-14-15(2)17(4)23(18(5)16(14)3)27(25,26)24-19(6)21-12-11-20-9-7-8-10-22(20)13-21/h7-13,19,24H,1-6H3. The van der Waals surface area contributed by atoms with Crippen molar-refractivity contribution in [2.45, 2.75) is 52.5 Å². The number of fused-ring (bicyclic) bond motifs is 1. The van der Waals surface area contributed by atoms with Crippen LogP contribution >= 0.6 is 0 Å². The number of hydrogen-bond donors (Lipinski definition) is 1. The molecule has 0 spiro atoms. The first-order chi connectivity index (χ1) is 12.6. The third-order valence-corrected chi connectivity index (χ3v) is 7.62. The summed E-state index contributed by atoms with van der Waals surface area (Å²) in [6.07, 6.45) is 0. The summed E-state index contributed by atoms with van der Waals surface area (Å²) in [5, 5.41) is 2.25. The summed E-state index contributed by atoms with van der Waals surface area (Å²) in [6.45, 7) is 11.7. The van der Waals surface area contributed by atoms with E-state index in [0.717, 1.165) is 44.2 Å². The first-order valence-corrected chi connectivity index (χ1v) is 10.7. The third kappa shape index (κ3) is 3.52. The highest BCUT2D eigenvalue weighted by atomic mass is 32.2. The van der Waals surface area contributed by atoms with E-state index in [1.54, 1.807) is 0 Å². The Hall–Kier alpha value is -2.17. The van der Waals surface area contributed by atoms with Crippen LogP contribution in [0.5, 0.6) is 0 Å². The molecule has 3 aromatic rings. The molecule has 0 amide bonds. The second-order valence-electron chi connectivity index (χ2n) is 7.40. The lowest BCUT2D eigenvalue weighted by atomic mass is 9.95. The smallest absolute Gasteiger partial charge is 0.207 e. The zero-order valence-electron chi connectivity index (χ0n) is 16.8. The van der Waals surface area contributed by atoms with Crippen LogP contribution in [-0.4, -0.2) is 8.42 Å². The summed E-state index contributed by atoms with van der Waals surface area (Å²) in [5.41, 5.74) is 5.84. The Morgan fingerprint density at radius 1 is 0.741 bits per heavy atom. The molecule has 0 radical (unpaired) electrons. The molecule has 0 fully saturated rings. The van der Waals surface area contributed by atoms with Crippen molar-refractivity contribution in [1.82, 2.24) is 4.72 Å². The van der Waals surface area contributed by atoms with Crippen LogP contribution in [0.2, 0.25) is 0 Å². The average molecular weight is 382 g/mol. The highest BCUT2D eigenvalue weighted by molar-refractivity contribution is 7.89. The van der Waals surface area contributed by atoms with E-state index in [4.69, 9.17) is 0 Å². The summed E-state index contributed by atoms with van der Waals surface area (Å²) in [6, 6.07) is 13.8. The number of benzene rings is 3. The van der Waals surface area contributed by atoms with E-state index in [-0.39, 0.29) is 6.04 Å². The molecule has 0 saturated carbocycles. The van der Waals surface area contributed by atoms with Gasteiger partial charge in [-0.15, -0.1) is 0 Å². The normalized spacial score (nSPS) is 13.1. The highest BCUT2D eigenvalue weighted by Gasteiger charge is 2.25. The number of sulfonamides is 1. The van der Waals surface area contributed by atoms with Gasteiger partial charge in [0.2, 0.25) is 10.0 Å². The Balaban J connectivity index is 2.01. The van der Waals surface area contributed by atoms with E-state index in [9.17, 15) is 8.42 Å². The van der Waals surface area contributed by atoms with Crippen molar-refractivity contribution in [3.8, 4) is 0 Å². The molecular formula is C23H27NO2S. The molecule has 3 nitrogen and oxygen atoms in total. The molecule has 1 unspecified atom stereocenters. The van der Waals surface area contributed by atoms with E-state index in [2.05, 4.69) is 10.8 Å². The molecule has 0 saturated heterocycles. The fourth-order valence-electron chi connectivity index (χ4n) is 3.71. The van der Waals surface area contributed by atoms with Gasteiger partial charge in [-0.05, 0) is 91.8 Å². The summed E-state index contributed by atoms with van der Waals surface area (Å²) in [5.74, 6) is 0. The molecule has 1 N–H and O–H groups in total. The van der Waals surface area contributed by atoms with E-state index in [1.807, 2.05) is 77.9 Å². The van der Waals surface area contributed by atoms with Gasteiger partial charge in [-0.3, -0.25) is 0 Å². The van der Waals surface area contributed by atoms with Gasteiger partial charge >= 0.3 is 0 Å². The lowest BCUT2D eigenvalue weighted by Gasteiger charge is -2.21. The van der Waals surface area contributed by atoms with Gasteiger partial charge in [-0.25, -0.2) is 13.1 Å². The second kappa shape index (κ2) is 7.10. The van der Waals surface area contributed by atoms with Crippen LogP contribution < -0.4 is 4.72 Å². The predicted molar refractivity (Wildman–Crippen MR) is 113 cm³/mol. The van der Waals surface area contributed by atoms with Gasteiger partial charge in [-0.1, -0.05) is 36.4 Å². The molecule has 3 rings (SSSR count). The molecule has 142 valence electrons. The van der Waals surface area contributed by atoms with Crippen molar-refractivity contribution in [1.29, 1.82) is 0 Å². The lowest BCUT2D eigenvalue weighted by molar-refractivity contribution is 0.565. The molecule has 27 heavy (non-hydrogen) atoms. The zero-order chi connectivity index (χ0) is 19.9. The number of nitrogens with one attached hydrogen (secondary N) is 1. The number of hydrogen-bond acceptors (Lipinski definition) is 2. The average Bonchev–Trinajstić information content (AvgIpc) is 2.64. The molecule has 0 aromatic heterocycles. The maximum atomic E-state index is 13.2. The van der Waals surface area contributed by atoms with E-state index in [0.29, 0.717) is 4.90 Å². The molecule has 0 heterocycles. The quantitative estimate of drug-likeness (QED) is 0.656. The van der Waals surface area contributed by atoms with E-state index >= 15 is 0 Å². The molecular weight excluding hydrogens is 354 g/mol. The van der Waals surface area contributed by atoms with Crippen LogP contribution in [0.3, 0.4) is 0 Å². The summed E-state index contributed by atoms with van der Waals surface area (Å²) < 4.78 is 29.3. The Kier molecular flexibility index (Phi) is 5.15. The molecule has 1 atom stereocenters. The van der Waals surface area contributed by atoms with Crippen molar-refractivity contribution in [2.75, 3.05) is 0 Å². The Labute approximate surface area is 162 Å². The van der Waals surface area contributed by atoms with Crippen molar-refractivity contribution in [3.05, 3.63) is 75.8 Å². The first kappa shape index (κ1) is 19.6. The Morgan fingerprint density at radius 2 is 1.26 bits per heavy atom. The van der Waals surface area contributed by atoms with Gasteiger partial charge in [0.25, 0.3) is 0 Å². The second-order valence-corrected chi connectivity index (χ2v) is 9.05. The maximum Gasteiger partial charge on any atom is 0.241 e. The minimum Gasteiger partial charge on any atom is -0.207 e. The van der Waals surface area contributed by atoms with Crippen LogP contribution in [0.25, 0.3) is 10.8 Å². The van der Waals surface area contributed by atoms with Crippen LogP contribution in [0.1, 0.15) is 46.3 Å². The van der Waals surface area contributed by atoms with Crippen LogP contribution in [0.4, 0.5) is 0 Å². The molecule has 0 aliphatic rings. The minimum absolute atomic E-state index is 0.319. The van der Waals surface area contributed by atoms with Crippen molar-refractivity contribution in [3.63, 3.8) is 0 Å². The predicted octanol–water partition coefficient (Wildman–Crippen LogP) is 5.42. The number of rotatable bonds is 4. The van der Waals surface area contributed by atoms with Gasteiger partial charge in [-0.2, -0.15) is 0 Å². The van der Waals surface area contributed by atoms with Gasteiger partial charge in [0, 0.05) is 6.04 Å². The maximum absolute atomic E-state index is 13.2. The fraction of sp³-hybridized carbons (Fsp3) is 0.304. The molecule has 4 heteroatoms. The topological polar surface area (TPSA) is 46.2 Å². The van der Waals surface area contributed by atoms with Crippen molar-refractivity contribution in [2.24, 2.45) is 0 Å². The van der Waals surface area contributed by atoms with Gasteiger partial charge < -0.3 is 0 Å². The lowest BCUT2D eigenvalue weighted by Crippen LogP contribution is -2.28. The molecule has 0 bridgehead atoms. The fourth-order valence-corrected chi connectivity index (χ4v) is 5.54. The monoisotopic (exact) mass is 381 g/mol. The molecule has 3 aromatic carbocycles. The minimum atomic E-state index is -3.63. The Morgan fingerprint density at radius 3 is 1.85 bits per heavy atom. The third-order valence-electron chi connectivity index (χ3n) is 5.81. The largest absolute Gasteiger partial charge is 0.241 e.